The van der Waals surface area contributed by atoms with Crippen LogP contribution in [-0.2, 0) is 11.3 Å². The second-order valence-corrected chi connectivity index (χ2v) is 7.84. The number of amides is 1. The van der Waals surface area contributed by atoms with Crippen molar-refractivity contribution in [1.82, 2.24) is 15.1 Å². The zero-order chi connectivity index (χ0) is 21.4. The molecule has 1 amide bonds. The van der Waals surface area contributed by atoms with Gasteiger partial charge in [0.05, 0.1) is 5.52 Å². The van der Waals surface area contributed by atoms with Crippen LogP contribution in [0.4, 0.5) is 0 Å². The third kappa shape index (κ3) is 3.70. The molecule has 156 valence electrons. The number of carbonyl (C=O) groups is 1. The fourth-order valence-electron chi connectivity index (χ4n) is 3.72. The van der Waals surface area contributed by atoms with Gasteiger partial charge in [-0.05, 0) is 42.8 Å². The predicted octanol–water partition coefficient (Wildman–Crippen LogP) is 4.96. The largest absolute Gasteiger partial charge is 0.454 e. The van der Waals surface area contributed by atoms with E-state index in [4.69, 9.17) is 26.2 Å². The van der Waals surface area contributed by atoms with E-state index in [1.165, 1.54) is 0 Å². The minimum absolute atomic E-state index is 0.128. The standard InChI is InChI=1S/C24H20ClN3O3/c1-15(24(29)26-13-16-7-10-21-22(11-16)31-14-30-21)28-20-9-8-18(25)12-19(20)23(27-28)17-5-3-2-4-6-17/h2-12,15H,13-14H2,1H3,(H,26,29)/t15-/m0/s1. The van der Waals surface area contributed by atoms with Gasteiger partial charge in [-0.1, -0.05) is 48.0 Å². The Hall–Kier alpha value is -3.51. The highest BCUT2D eigenvalue weighted by molar-refractivity contribution is 6.31. The molecule has 1 N–H and O–H groups in total. The van der Waals surface area contributed by atoms with Gasteiger partial charge in [-0.2, -0.15) is 5.10 Å². The number of hydrogen-bond donors (Lipinski definition) is 1. The minimum atomic E-state index is -0.504. The van der Waals surface area contributed by atoms with E-state index in [1.807, 2.05) is 73.7 Å². The first-order valence-corrected chi connectivity index (χ1v) is 10.4. The SMILES string of the molecule is C[C@@H](C(=O)NCc1ccc2c(c1)OCO2)n1nc(-c2ccccc2)c2cc(Cl)ccc21. The molecule has 7 heteroatoms. The number of rotatable bonds is 5. The number of halogens is 1. The first-order valence-electron chi connectivity index (χ1n) is 9.99. The highest BCUT2D eigenvalue weighted by atomic mass is 35.5. The van der Waals surface area contributed by atoms with Gasteiger partial charge in [0, 0.05) is 22.5 Å². The van der Waals surface area contributed by atoms with Gasteiger partial charge < -0.3 is 14.8 Å². The maximum absolute atomic E-state index is 13.0. The van der Waals surface area contributed by atoms with Crippen molar-refractivity contribution in [2.24, 2.45) is 0 Å². The molecule has 5 rings (SSSR count). The summed E-state index contributed by atoms with van der Waals surface area (Å²) in [5, 5.41) is 9.32. The van der Waals surface area contributed by atoms with Crippen LogP contribution in [0.15, 0.2) is 66.7 Å². The number of carbonyl (C=O) groups excluding carboxylic acids is 1. The molecule has 0 unspecified atom stereocenters. The molecule has 4 aromatic rings. The van der Waals surface area contributed by atoms with Crippen molar-refractivity contribution >= 4 is 28.4 Å². The molecular weight excluding hydrogens is 414 g/mol. The highest BCUT2D eigenvalue weighted by Crippen LogP contribution is 2.33. The van der Waals surface area contributed by atoms with Crippen LogP contribution in [-0.4, -0.2) is 22.5 Å². The number of hydrogen-bond acceptors (Lipinski definition) is 4. The van der Waals surface area contributed by atoms with E-state index in [0.29, 0.717) is 17.3 Å². The van der Waals surface area contributed by atoms with Crippen molar-refractivity contribution < 1.29 is 14.3 Å². The molecule has 1 aromatic heterocycles. The van der Waals surface area contributed by atoms with Crippen LogP contribution in [0, 0.1) is 0 Å². The van der Waals surface area contributed by atoms with E-state index in [-0.39, 0.29) is 12.7 Å². The van der Waals surface area contributed by atoms with Crippen molar-refractivity contribution in [2.45, 2.75) is 19.5 Å². The van der Waals surface area contributed by atoms with Gasteiger partial charge in [0.2, 0.25) is 12.7 Å². The molecule has 31 heavy (non-hydrogen) atoms. The molecule has 0 saturated heterocycles. The van der Waals surface area contributed by atoms with Crippen molar-refractivity contribution in [3.8, 4) is 22.8 Å². The lowest BCUT2D eigenvalue weighted by Crippen LogP contribution is -2.31. The lowest BCUT2D eigenvalue weighted by atomic mass is 10.1. The van der Waals surface area contributed by atoms with Crippen molar-refractivity contribution in [2.75, 3.05) is 6.79 Å². The number of ether oxygens (including phenoxy) is 2. The molecular formula is C24H20ClN3O3. The Bertz CT molecular complexity index is 1270. The molecule has 3 aromatic carbocycles. The summed E-state index contributed by atoms with van der Waals surface area (Å²) >= 11 is 6.25. The highest BCUT2D eigenvalue weighted by Gasteiger charge is 2.22. The van der Waals surface area contributed by atoms with E-state index in [0.717, 1.165) is 33.5 Å². The summed E-state index contributed by atoms with van der Waals surface area (Å²) in [7, 11) is 0. The number of nitrogens with zero attached hydrogens (tertiary/aromatic N) is 2. The van der Waals surface area contributed by atoms with Crippen LogP contribution in [0.3, 0.4) is 0 Å². The first kappa shape index (κ1) is 19.5. The third-order valence-electron chi connectivity index (χ3n) is 5.37. The zero-order valence-electron chi connectivity index (χ0n) is 16.8. The minimum Gasteiger partial charge on any atom is -0.454 e. The van der Waals surface area contributed by atoms with Gasteiger partial charge in [-0.15, -0.1) is 0 Å². The molecule has 0 spiro atoms. The lowest BCUT2D eigenvalue weighted by Gasteiger charge is -2.14. The number of benzene rings is 3. The quantitative estimate of drug-likeness (QED) is 0.483. The molecule has 0 aliphatic carbocycles. The second kappa shape index (κ2) is 7.96. The lowest BCUT2D eigenvalue weighted by molar-refractivity contribution is -0.124. The Kier molecular flexibility index (Phi) is 5.00. The summed E-state index contributed by atoms with van der Waals surface area (Å²) in [4.78, 5) is 13.0. The Morgan fingerprint density at radius 2 is 1.90 bits per heavy atom. The van der Waals surface area contributed by atoms with Gasteiger partial charge in [-0.25, -0.2) is 0 Å². The Labute approximate surface area is 184 Å². The van der Waals surface area contributed by atoms with E-state index in [1.54, 1.807) is 4.68 Å². The Morgan fingerprint density at radius 1 is 1.10 bits per heavy atom. The zero-order valence-corrected chi connectivity index (χ0v) is 17.6. The fourth-order valence-corrected chi connectivity index (χ4v) is 3.89. The van der Waals surface area contributed by atoms with Crippen LogP contribution >= 0.6 is 11.6 Å². The van der Waals surface area contributed by atoms with Crippen molar-refractivity contribution in [1.29, 1.82) is 0 Å². The summed E-state index contributed by atoms with van der Waals surface area (Å²) in [6.45, 7) is 2.45. The molecule has 1 atom stereocenters. The fraction of sp³-hybridized carbons (Fsp3) is 0.167. The Morgan fingerprint density at radius 3 is 2.74 bits per heavy atom. The van der Waals surface area contributed by atoms with Gasteiger partial charge in [0.15, 0.2) is 11.5 Å². The van der Waals surface area contributed by atoms with E-state index in [2.05, 4.69) is 5.32 Å². The molecule has 0 fully saturated rings. The summed E-state index contributed by atoms with van der Waals surface area (Å²) in [5.74, 6) is 1.29. The van der Waals surface area contributed by atoms with Crippen molar-refractivity contribution in [3.63, 3.8) is 0 Å². The average Bonchev–Trinajstić information content (AvgIpc) is 3.41. The monoisotopic (exact) mass is 433 g/mol. The van der Waals surface area contributed by atoms with E-state index in [9.17, 15) is 4.79 Å². The maximum Gasteiger partial charge on any atom is 0.244 e. The summed E-state index contributed by atoms with van der Waals surface area (Å²) in [6.07, 6.45) is 0. The topological polar surface area (TPSA) is 65.4 Å². The average molecular weight is 434 g/mol. The van der Waals surface area contributed by atoms with Crippen LogP contribution < -0.4 is 14.8 Å². The van der Waals surface area contributed by atoms with Gasteiger partial charge in [0.25, 0.3) is 0 Å². The molecule has 6 nitrogen and oxygen atoms in total. The molecule has 0 bridgehead atoms. The van der Waals surface area contributed by atoms with Crippen molar-refractivity contribution in [3.05, 3.63) is 77.3 Å². The van der Waals surface area contributed by atoms with E-state index >= 15 is 0 Å². The predicted molar refractivity (Wildman–Crippen MR) is 119 cm³/mol. The van der Waals surface area contributed by atoms with Crippen LogP contribution in [0.5, 0.6) is 11.5 Å². The molecule has 1 aliphatic rings. The number of aromatic nitrogens is 2. The van der Waals surface area contributed by atoms with E-state index < -0.39 is 6.04 Å². The van der Waals surface area contributed by atoms with Gasteiger partial charge >= 0.3 is 0 Å². The molecule has 0 radical (unpaired) electrons. The second-order valence-electron chi connectivity index (χ2n) is 7.40. The van der Waals surface area contributed by atoms with Crippen LogP contribution in [0.25, 0.3) is 22.2 Å². The van der Waals surface area contributed by atoms with Gasteiger partial charge in [0.1, 0.15) is 11.7 Å². The molecule has 2 heterocycles. The van der Waals surface area contributed by atoms with Crippen LogP contribution in [0.2, 0.25) is 5.02 Å². The number of nitrogens with one attached hydrogen (secondary N) is 1. The molecule has 1 aliphatic heterocycles. The summed E-state index contributed by atoms with van der Waals surface area (Å²) < 4.78 is 12.5. The Balaban J connectivity index is 1.41. The van der Waals surface area contributed by atoms with Gasteiger partial charge in [-0.3, -0.25) is 9.48 Å². The molecule has 0 saturated carbocycles. The third-order valence-corrected chi connectivity index (χ3v) is 5.60. The summed E-state index contributed by atoms with van der Waals surface area (Å²) in [6, 6.07) is 20.6. The van der Waals surface area contributed by atoms with Crippen LogP contribution in [0.1, 0.15) is 18.5 Å². The summed E-state index contributed by atoms with van der Waals surface area (Å²) in [5.41, 5.74) is 3.57. The smallest absolute Gasteiger partial charge is 0.244 e. The number of fused-ring (bicyclic) bond motifs is 2. The maximum atomic E-state index is 13.0. The normalized spacial score (nSPS) is 13.4. The first-order chi connectivity index (χ1) is 15.1.